The van der Waals surface area contributed by atoms with Crippen molar-refractivity contribution in [3.8, 4) is 6.07 Å². The van der Waals surface area contributed by atoms with Gasteiger partial charge in [-0.1, -0.05) is 0 Å². The zero-order valence-corrected chi connectivity index (χ0v) is 10.5. The van der Waals surface area contributed by atoms with E-state index in [1.54, 1.807) is 24.3 Å². The van der Waals surface area contributed by atoms with Crippen LogP contribution >= 0.6 is 0 Å². The summed E-state index contributed by atoms with van der Waals surface area (Å²) in [4.78, 5) is 13.3. The standard InChI is InChI=1S/C14H16N2O2/c1-16-8-2-3-13(10-16)18-14(17)12-6-4-11(9-15)5-7-12/h4-7,13H,2-3,8,10H2,1H3/p+1/t13-/m0/s1. The van der Waals surface area contributed by atoms with Crippen molar-refractivity contribution in [1.82, 2.24) is 0 Å². The van der Waals surface area contributed by atoms with Crippen molar-refractivity contribution in [3.63, 3.8) is 0 Å². The van der Waals surface area contributed by atoms with Gasteiger partial charge in [0.2, 0.25) is 0 Å². The second-order valence-corrected chi connectivity index (χ2v) is 4.77. The summed E-state index contributed by atoms with van der Waals surface area (Å²) in [6.45, 7) is 2.02. The van der Waals surface area contributed by atoms with Gasteiger partial charge >= 0.3 is 5.97 Å². The number of piperidine rings is 1. The Bertz CT molecular complexity index is 462. The number of likely N-dealkylation sites (N-methyl/N-ethyl adjacent to an activating group) is 1. The molecule has 1 heterocycles. The van der Waals surface area contributed by atoms with Crippen LogP contribution in [0.15, 0.2) is 24.3 Å². The van der Waals surface area contributed by atoms with E-state index in [4.69, 9.17) is 10.00 Å². The first kappa shape index (κ1) is 12.6. The quantitative estimate of drug-likeness (QED) is 0.767. The molecule has 0 amide bonds. The van der Waals surface area contributed by atoms with Gasteiger partial charge in [-0.15, -0.1) is 0 Å². The van der Waals surface area contributed by atoms with Crippen molar-refractivity contribution >= 4 is 5.97 Å². The van der Waals surface area contributed by atoms with Crippen LogP contribution in [0, 0.1) is 11.3 Å². The summed E-state index contributed by atoms with van der Waals surface area (Å²) in [6, 6.07) is 8.57. The van der Waals surface area contributed by atoms with Gasteiger partial charge in [-0.25, -0.2) is 4.79 Å². The molecular weight excluding hydrogens is 228 g/mol. The molecule has 1 aliphatic rings. The number of carbonyl (C=O) groups is 1. The minimum absolute atomic E-state index is 0.0156. The lowest BCUT2D eigenvalue weighted by atomic mass is 10.1. The van der Waals surface area contributed by atoms with E-state index in [9.17, 15) is 4.79 Å². The lowest BCUT2D eigenvalue weighted by Crippen LogP contribution is -3.11. The number of benzene rings is 1. The van der Waals surface area contributed by atoms with Crippen LogP contribution in [-0.4, -0.2) is 32.2 Å². The molecule has 0 aromatic heterocycles. The average Bonchev–Trinajstić information content (AvgIpc) is 2.39. The highest BCUT2D eigenvalue weighted by molar-refractivity contribution is 5.89. The Morgan fingerprint density at radius 3 is 2.78 bits per heavy atom. The lowest BCUT2D eigenvalue weighted by Gasteiger charge is -2.26. The number of quaternary nitrogens is 1. The van der Waals surface area contributed by atoms with Crippen molar-refractivity contribution in [1.29, 1.82) is 5.26 Å². The molecule has 0 radical (unpaired) electrons. The third kappa shape index (κ3) is 3.08. The number of ether oxygens (including phenoxy) is 1. The predicted octanol–water partition coefficient (Wildman–Crippen LogP) is 0.392. The maximum atomic E-state index is 11.9. The fraction of sp³-hybridized carbons (Fsp3) is 0.429. The summed E-state index contributed by atoms with van der Waals surface area (Å²) in [5.41, 5.74) is 1.06. The first-order valence-corrected chi connectivity index (χ1v) is 6.21. The topological polar surface area (TPSA) is 54.5 Å². The van der Waals surface area contributed by atoms with E-state index in [0.717, 1.165) is 25.9 Å². The van der Waals surface area contributed by atoms with E-state index in [0.29, 0.717) is 11.1 Å². The molecule has 2 rings (SSSR count). The lowest BCUT2D eigenvalue weighted by molar-refractivity contribution is -0.888. The fourth-order valence-electron chi connectivity index (χ4n) is 2.23. The van der Waals surface area contributed by atoms with E-state index in [1.165, 1.54) is 4.90 Å². The smallest absolute Gasteiger partial charge is 0.338 e. The van der Waals surface area contributed by atoms with E-state index in [2.05, 4.69) is 7.05 Å². The summed E-state index contributed by atoms with van der Waals surface area (Å²) < 4.78 is 5.48. The fourth-order valence-corrected chi connectivity index (χ4v) is 2.23. The number of hydrogen-bond donors (Lipinski definition) is 1. The van der Waals surface area contributed by atoms with Gasteiger partial charge in [0.25, 0.3) is 0 Å². The van der Waals surface area contributed by atoms with Crippen LogP contribution < -0.4 is 4.90 Å². The van der Waals surface area contributed by atoms with Crippen LogP contribution in [0.3, 0.4) is 0 Å². The van der Waals surface area contributed by atoms with Crippen molar-refractivity contribution < 1.29 is 14.4 Å². The van der Waals surface area contributed by atoms with Crippen LogP contribution in [0.2, 0.25) is 0 Å². The molecule has 1 N–H and O–H groups in total. The summed E-state index contributed by atoms with van der Waals surface area (Å²) >= 11 is 0. The zero-order chi connectivity index (χ0) is 13.0. The largest absolute Gasteiger partial charge is 0.453 e. The number of nitrogens with zero attached hydrogens (tertiary/aromatic N) is 1. The number of hydrogen-bond acceptors (Lipinski definition) is 3. The number of esters is 1. The highest BCUT2D eigenvalue weighted by Gasteiger charge is 2.24. The molecule has 0 bridgehead atoms. The molecule has 94 valence electrons. The molecule has 1 saturated heterocycles. The van der Waals surface area contributed by atoms with Gasteiger partial charge in [0.05, 0.1) is 30.8 Å². The van der Waals surface area contributed by atoms with Crippen LogP contribution in [-0.2, 0) is 4.74 Å². The molecule has 0 spiro atoms. The Labute approximate surface area is 107 Å². The Morgan fingerprint density at radius 2 is 2.17 bits per heavy atom. The molecule has 0 saturated carbocycles. The maximum Gasteiger partial charge on any atom is 0.338 e. The van der Waals surface area contributed by atoms with Crippen molar-refractivity contribution in [3.05, 3.63) is 35.4 Å². The van der Waals surface area contributed by atoms with Crippen molar-refractivity contribution in [2.75, 3.05) is 20.1 Å². The second-order valence-electron chi connectivity index (χ2n) is 4.77. The number of likely N-dealkylation sites (tertiary alicyclic amines) is 1. The van der Waals surface area contributed by atoms with Crippen LogP contribution in [0.1, 0.15) is 28.8 Å². The maximum absolute atomic E-state index is 11.9. The minimum Gasteiger partial charge on any atom is -0.453 e. The number of nitriles is 1. The zero-order valence-electron chi connectivity index (χ0n) is 10.5. The van der Waals surface area contributed by atoms with E-state index in [1.807, 2.05) is 6.07 Å². The number of rotatable bonds is 2. The molecule has 4 nitrogen and oxygen atoms in total. The summed E-state index contributed by atoms with van der Waals surface area (Å²) in [6.07, 6.45) is 2.05. The van der Waals surface area contributed by atoms with Gasteiger partial charge in [-0.05, 0) is 30.7 Å². The minimum atomic E-state index is -0.292. The van der Waals surface area contributed by atoms with Gasteiger partial charge in [0.15, 0.2) is 6.10 Å². The van der Waals surface area contributed by atoms with E-state index >= 15 is 0 Å². The molecular formula is C14H17N2O2+. The Hall–Kier alpha value is -1.86. The van der Waals surface area contributed by atoms with Crippen LogP contribution in [0.5, 0.6) is 0 Å². The predicted molar refractivity (Wildman–Crippen MR) is 66.2 cm³/mol. The summed E-state index contributed by atoms with van der Waals surface area (Å²) in [5, 5.41) is 8.69. The second kappa shape index (κ2) is 5.65. The van der Waals surface area contributed by atoms with Crippen molar-refractivity contribution in [2.45, 2.75) is 18.9 Å². The molecule has 1 fully saturated rings. The highest BCUT2D eigenvalue weighted by atomic mass is 16.5. The van der Waals surface area contributed by atoms with Gasteiger partial charge in [-0.3, -0.25) is 0 Å². The molecule has 1 aromatic carbocycles. The Balaban J connectivity index is 1.96. The highest BCUT2D eigenvalue weighted by Crippen LogP contribution is 2.09. The molecule has 0 aliphatic carbocycles. The molecule has 2 atom stereocenters. The molecule has 18 heavy (non-hydrogen) atoms. The van der Waals surface area contributed by atoms with Gasteiger partial charge in [-0.2, -0.15) is 5.26 Å². The Kier molecular flexibility index (Phi) is 3.96. The third-order valence-electron chi connectivity index (χ3n) is 3.23. The van der Waals surface area contributed by atoms with Crippen molar-refractivity contribution in [2.24, 2.45) is 0 Å². The summed E-state index contributed by atoms with van der Waals surface area (Å²) in [5.74, 6) is -0.292. The SMILES string of the molecule is C[NH+]1CCC[C@H](OC(=O)c2ccc(C#N)cc2)C1. The van der Waals surface area contributed by atoms with Gasteiger partial charge in [0.1, 0.15) is 6.54 Å². The van der Waals surface area contributed by atoms with Crippen LogP contribution in [0.4, 0.5) is 0 Å². The first-order chi connectivity index (χ1) is 8.69. The Morgan fingerprint density at radius 1 is 1.44 bits per heavy atom. The first-order valence-electron chi connectivity index (χ1n) is 6.21. The molecule has 1 unspecified atom stereocenters. The van der Waals surface area contributed by atoms with E-state index < -0.39 is 0 Å². The number of carbonyl (C=O) groups excluding carboxylic acids is 1. The van der Waals surface area contributed by atoms with Gasteiger partial charge < -0.3 is 9.64 Å². The third-order valence-corrected chi connectivity index (χ3v) is 3.23. The normalized spacial score (nSPS) is 23.1. The summed E-state index contributed by atoms with van der Waals surface area (Å²) in [7, 11) is 2.11. The van der Waals surface area contributed by atoms with E-state index in [-0.39, 0.29) is 12.1 Å². The number of nitrogens with one attached hydrogen (secondary N) is 1. The van der Waals surface area contributed by atoms with Gasteiger partial charge in [0, 0.05) is 6.42 Å². The molecule has 1 aliphatic heterocycles. The average molecular weight is 245 g/mol. The molecule has 1 aromatic rings. The molecule has 4 heteroatoms. The monoisotopic (exact) mass is 245 g/mol. The van der Waals surface area contributed by atoms with Crippen LogP contribution in [0.25, 0.3) is 0 Å².